The van der Waals surface area contributed by atoms with Crippen molar-refractivity contribution in [2.45, 2.75) is 13.8 Å². The van der Waals surface area contributed by atoms with Gasteiger partial charge in [-0.3, -0.25) is 4.79 Å². The Balaban J connectivity index is 1.65. The van der Waals surface area contributed by atoms with Gasteiger partial charge in [0, 0.05) is 5.56 Å². The van der Waals surface area contributed by atoms with Crippen molar-refractivity contribution in [3.8, 4) is 11.3 Å². The van der Waals surface area contributed by atoms with E-state index in [1.807, 2.05) is 31.2 Å². The zero-order chi connectivity index (χ0) is 23.0. The van der Waals surface area contributed by atoms with Crippen LogP contribution in [0.3, 0.4) is 0 Å². The van der Waals surface area contributed by atoms with Crippen molar-refractivity contribution in [3.63, 3.8) is 0 Å². The molecule has 3 aromatic rings. The average molecular weight is 430 g/mol. The van der Waals surface area contributed by atoms with Crippen LogP contribution in [-0.2, 0) is 4.79 Å². The third kappa shape index (κ3) is 3.93. The Bertz CT molecular complexity index is 1280. The zero-order valence-electron chi connectivity index (χ0n) is 17.2. The lowest BCUT2D eigenvalue weighted by Crippen LogP contribution is -2.21. The largest absolute Gasteiger partial charge is 0.478 e. The number of carboxylic acids is 2. The molecule has 0 saturated heterocycles. The van der Waals surface area contributed by atoms with Gasteiger partial charge in [-0.2, -0.15) is 10.1 Å². The number of hydrogen-bond acceptors (Lipinski definition) is 5. The summed E-state index contributed by atoms with van der Waals surface area (Å²) >= 11 is 0. The topological polar surface area (TPSA) is 120 Å². The Kier molecular flexibility index (Phi) is 5.19. The molecule has 1 amide bonds. The molecular formula is C24H18N2O6. The van der Waals surface area contributed by atoms with Crippen molar-refractivity contribution < 1.29 is 29.0 Å². The summed E-state index contributed by atoms with van der Waals surface area (Å²) in [5, 5.41) is 24.2. The maximum atomic E-state index is 12.9. The summed E-state index contributed by atoms with van der Waals surface area (Å²) in [6.45, 7) is 3.67. The molecule has 1 aromatic heterocycles. The summed E-state index contributed by atoms with van der Waals surface area (Å²) in [7, 11) is 0. The van der Waals surface area contributed by atoms with Gasteiger partial charge in [0.15, 0.2) is 0 Å². The summed E-state index contributed by atoms with van der Waals surface area (Å²) < 4.78 is 5.77. The third-order valence-corrected chi connectivity index (χ3v) is 4.97. The summed E-state index contributed by atoms with van der Waals surface area (Å²) in [5.74, 6) is -2.17. The zero-order valence-corrected chi connectivity index (χ0v) is 17.2. The van der Waals surface area contributed by atoms with Crippen molar-refractivity contribution in [2.24, 2.45) is 5.10 Å². The standard InChI is InChI=1S/C24H18N2O6/c1-13-3-5-18(6-4-13)26-22(27)20(14(2)25-26)12-19-7-8-21(32-19)15-9-16(23(28)29)11-17(10-15)24(30)31/h3-12H,1-2H3,(H,28,29)(H,30,31)/b20-12-. The number of furan rings is 1. The van der Waals surface area contributed by atoms with Gasteiger partial charge in [0.1, 0.15) is 11.5 Å². The van der Waals surface area contributed by atoms with E-state index in [0.29, 0.717) is 28.3 Å². The van der Waals surface area contributed by atoms with Crippen LogP contribution in [0.25, 0.3) is 17.4 Å². The van der Waals surface area contributed by atoms with Gasteiger partial charge in [0.25, 0.3) is 5.91 Å². The summed E-state index contributed by atoms with van der Waals surface area (Å²) in [5.41, 5.74) is 2.56. The Morgan fingerprint density at radius 3 is 2.16 bits per heavy atom. The van der Waals surface area contributed by atoms with Crippen LogP contribution in [0.15, 0.2) is 69.7 Å². The molecule has 32 heavy (non-hydrogen) atoms. The van der Waals surface area contributed by atoms with Gasteiger partial charge in [-0.05, 0) is 62.4 Å². The molecule has 0 saturated carbocycles. The van der Waals surface area contributed by atoms with Gasteiger partial charge in [-0.25, -0.2) is 9.59 Å². The first-order chi connectivity index (χ1) is 15.2. The fraction of sp³-hybridized carbons (Fsp3) is 0.0833. The number of anilines is 1. The molecule has 4 rings (SSSR count). The van der Waals surface area contributed by atoms with Crippen LogP contribution < -0.4 is 5.01 Å². The van der Waals surface area contributed by atoms with E-state index in [9.17, 15) is 24.6 Å². The number of hydrazone groups is 1. The SMILES string of the molecule is CC1=NN(c2ccc(C)cc2)C(=O)/C1=C\c1ccc(-c2cc(C(=O)O)cc(C(=O)O)c2)o1. The summed E-state index contributed by atoms with van der Waals surface area (Å²) in [4.78, 5) is 35.6. The third-order valence-electron chi connectivity index (χ3n) is 4.97. The molecule has 0 spiro atoms. The summed E-state index contributed by atoms with van der Waals surface area (Å²) in [6.07, 6.45) is 1.55. The van der Waals surface area contributed by atoms with E-state index >= 15 is 0 Å². The van der Waals surface area contributed by atoms with Crippen molar-refractivity contribution in [1.82, 2.24) is 0 Å². The molecule has 0 fully saturated rings. The molecule has 160 valence electrons. The Morgan fingerprint density at radius 2 is 1.56 bits per heavy atom. The lowest BCUT2D eigenvalue weighted by Gasteiger charge is -2.11. The molecule has 1 aliphatic rings. The van der Waals surface area contributed by atoms with Crippen LogP contribution in [0.1, 0.15) is 39.0 Å². The first-order valence-corrected chi connectivity index (χ1v) is 9.63. The molecule has 8 nitrogen and oxygen atoms in total. The molecule has 2 heterocycles. The predicted molar refractivity (Wildman–Crippen MR) is 118 cm³/mol. The highest BCUT2D eigenvalue weighted by Crippen LogP contribution is 2.29. The highest BCUT2D eigenvalue weighted by Gasteiger charge is 2.29. The van der Waals surface area contributed by atoms with Crippen LogP contribution in [0.2, 0.25) is 0 Å². The maximum Gasteiger partial charge on any atom is 0.335 e. The molecule has 0 bridgehead atoms. The number of nitrogens with zero attached hydrogens (tertiary/aromatic N) is 2. The Labute approximate surface area is 182 Å². The lowest BCUT2D eigenvalue weighted by atomic mass is 10.0. The lowest BCUT2D eigenvalue weighted by molar-refractivity contribution is -0.114. The number of rotatable bonds is 5. The Morgan fingerprint density at radius 1 is 0.938 bits per heavy atom. The minimum Gasteiger partial charge on any atom is -0.478 e. The highest BCUT2D eigenvalue weighted by atomic mass is 16.4. The predicted octanol–water partition coefficient (Wildman–Crippen LogP) is 4.46. The van der Waals surface area contributed by atoms with Crippen molar-refractivity contribution in [2.75, 3.05) is 5.01 Å². The Hall–Kier alpha value is -4.46. The number of aromatic carboxylic acids is 2. The van der Waals surface area contributed by atoms with E-state index in [1.54, 1.807) is 25.1 Å². The van der Waals surface area contributed by atoms with E-state index in [4.69, 9.17) is 4.42 Å². The van der Waals surface area contributed by atoms with Gasteiger partial charge in [0.05, 0.1) is 28.1 Å². The molecule has 0 aliphatic carbocycles. The number of carboxylic acid groups (broad SMARTS) is 2. The van der Waals surface area contributed by atoms with Crippen LogP contribution in [0.4, 0.5) is 5.69 Å². The van der Waals surface area contributed by atoms with Crippen LogP contribution in [-0.4, -0.2) is 33.8 Å². The second-order valence-corrected chi connectivity index (χ2v) is 7.31. The normalized spacial score (nSPS) is 14.7. The first-order valence-electron chi connectivity index (χ1n) is 9.63. The maximum absolute atomic E-state index is 12.9. The smallest absolute Gasteiger partial charge is 0.335 e. The van der Waals surface area contributed by atoms with Gasteiger partial charge in [-0.15, -0.1) is 0 Å². The van der Waals surface area contributed by atoms with Gasteiger partial charge >= 0.3 is 11.9 Å². The number of hydrogen-bond donors (Lipinski definition) is 2. The number of carbonyl (C=O) groups is 3. The van der Waals surface area contributed by atoms with E-state index in [1.165, 1.54) is 17.1 Å². The molecule has 2 N–H and O–H groups in total. The summed E-state index contributed by atoms with van der Waals surface area (Å²) in [6, 6.07) is 14.4. The number of carbonyl (C=O) groups excluding carboxylic acids is 1. The average Bonchev–Trinajstić information content (AvgIpc) is 3.34. The molecule has 0 atom stereocenters. The number of aryl methyl sites for hydroxylation is 1. The van der Waals surface area contributed by atoms with E-state index < -0.39 is 11.9 Å². The molecule has 2 aromatic carbocycles. The van der Waals surface area contributed by atoms with Gasteiger partial charge in [0.2, 0.25) is 0 Å². The minimum absolute atomic E-state index is 0.168. The number of benzene rings is 2. The van der Waals surface area contributed by atoms with Crippen molar-refractivity contribution in [3.05, 3.63) is 82.6 Å². The van der Waals surface area contributed by atoms with Gasteiger partial charge in [-0.1, -0.05) is 17.7 Å². The molecule has 0 unspecified atom stereocenters. The second kappa shape index (κ2) is 7.99. The fourth-order valence-corrected chi connectivity index (χ4v) is 3.29. The fourth-order valence-electron chi connectivity index (χ4n) is 3.29. The van der Waals surface area contributed by atoms with E-state index in [2.05, 4.69) is 5.10 Å². The van der Waals surface area contributed by atoms with Crippen LogP contribution in [0, 0.1) is 6.92 Å². The van der Waals surface area contributed by atoms with E-state index in [0.717, 1.165) is 11.6 Å². The van der Waals surface area contributed by atoms with Gasteiger partial charge < -0.3 is 14.6 Å². The first kappa shape index (κ1) is 20.8. The number of amides is 1. The molecule has 8 heteroatoms. The van der Waals surface area contributed by atoms with Crippen LogP contribution in [0.5, 0.6) is 0 Å². The second-order valence-electron chi connectivity index (χ2n) is 7.31. The monoisotopic (exact) mass is 430 g/mol. The quantitative estimate of drug-likeness (QED) is 0.577. The van der Waals surface area contributed by atoms with E-state index in [-0.39, 0.29) is 22.8 Å². The molecule has 0 radical (unpaired) electrons. The van der Waals surface area contributed by atoms with Crippen LogP contribution >= 0.6 is 0 Å². The highest BCUT2D eigenvalue weighted by molar-refractivity contribution is 6.32. The van der Waals surface area contributed by atoms with Crippen molar-refractivity contribution in [1.29, 1.82) is 0 Å². The molecule has 1 aliphatic heterocycles. The minimum atomic E-state index is -1.25. The van der Waals surface area contributed by atoms with Crippen molar-refractivity contribution >= 4 is 35.3 Å². The molecular weight excluding hydrogens is 412 g/mol.